The summed E-state index contributed by atoms with van der Waals surface area (Å²) in [6.07, 6.45) is 5.21. The Morgan fingerprint density at radius 1 is 1.24 bits per heavy atom. The highest BCUT2D eigenvalue weighted by Crippen LogP contribution is 2.19. The van der Waals surface area contributed by atoms with Crippen molar-refractivity contribution in [1.82, 2.24) is 20.5 Å². The fraction of sp³-hybridized carbons (Fsp3) is 0.526. The first-order valence-electron chi connectivity index (χ1n) is 9.02. The Morgan fingerprint density at radius 3 is 2.80 bits per heavy atom. The van der Waals surface area contributed by atoms with Crippen LogP contribution in [-0.4, -0.2) is 56.1 Å². The summed E-state index contributed by atoms with van der Waals surface area (Å²) in [5.41, 5.74) is 2.07. The Kier molecular flexibility index (Phi) is 7.73. The quantitative estimate of drug-likeness (QED) is 0.483. The lowest BCUT2D eigenvalue weighted by Crippen LogP contribution is -2.41. The average Bonchev–Trinajstić information content (AvgIpc) is 3.00. The van der Waals surface area contributed by atoms with Crippen LogP contribution in [-0.2, 0) is 6.42 Å². The van der Waals surface area contributed by atoms with Gasteiger partial charge in [0.25, 0.3) is 0 Å². The second-order valence-corrected chi connectivity index (χ2v) is 6.34. The van der Waals surface area contributed by atoms with Gasteiger partial charge in [0.15, 0.2) is 5.96 Å². The number of likely N-dealkylation sites (N-methyl/N-ethyl adjacent to an activating group) is 1. The standard InChI is InChI=1S/C19H30FN5/c1-4-5-11-25(3)12-10-23-19(21-2)22-9-8-15-14-24-18-7-6-16(20)13-17(15)18/h6-7,13-14,24H,4-5,8-12H2,1-3H3,(H2,21,22,23). The molecule has 2 rings (SSSR count). The van der Waals surface area contributed by atoms with E-state index >= 15 is 0 Å². The van der Waals surface area contributed by atoms with Crippen LogP contribution in [0.1, 0.15) is 25.3 Å². The lowest BCUT2D eigenvalue weighted by molar-refractivity contribution is 0.332. The summed E-state index contributed by atoms with van der Waals surface area (Å²) in [4.78, 5) is 9.76. The number of nitrogens with one attached hydrogen (secondary N) is 3. The molecule has 1 heterocycles. The second-order valence-electron chi connectivity index (χ2n) is 6.34. The summed E-state index contributed by atoms with van der Waals surface area (Å²) in [5.74, 6) is 0.598. The number of aromatic amines is 1. The summed E-state index contributed by atoms with van der Waals surface area (Å²) in [7, 11) is 3.92. The maximum atomic E-state index is 13.4. The minimum Gasteiger partial charge on any atom is -0.361 e. The molecule has 0 saturated heterocycles. The summed E-state index contributed by atoms with van der Waals surface area (Å²) in [5, 5.41) is 7.60. The molecule has 0 saturated carbocycles. The molecule has 0 aliphatic heterocycles. The van der Waals surface area contributed by atoms with Crippen molar-refractivity contribution in [1.29, 1.82) is 0 Å². The predicted octanol–water partition coefficient (Wildman–Crippen LogP) is 2.75. The highest BCUT2D eigenvalue weighted by Gasteiger charge is 2.05. The van der Waals surface area contributed by atoms with Crippen LogP contribution in [0.15, 0.2) is 29.4 Å². The van der Waals surface area contributed by atoms with Gasteiger partial charge in [0.2, 0.25) is 0 Å². The number of halogens is 1. The second kappa shape index (κ2) is 10.0. The van der Waals surface area contributed by atoms with Gasteiger partial charge in [-0.1, -0.05) is 13.3 Å². The number of aromatic nitrogens is 1. The summed E-state index contributed by atoms with van der Waals surface area (Å²) >= 11 is 0. The van der Waals surface area contributed by atoms with Gasteiger partial charge in [-0.2, -0.15) is 0 Å². The van der Waals surface area contributed by atoms with Gasteiger partial charge < -0.3 is 20.5 Å². The molecule has 3 N–H and O–H groups in total. The summed E-state index contributed by atoms with van der Waals surface area (Å²) in [6.45, 7) is 5.93. The van der Waals surface area contributed by atoms with Gasteiger partial charge in [0.1, 0.15) is 5.82 Å². The molecule has 0 radical (unpaired) electrons. The first kappa shape index (κ1) is 19.2. The maximum absolute atomic E-state index is 13.4. The fourth-order valence-corrected chi connectivity index (χ4v) is 2.80. The number of benzene rings is 1. The molecule has 0 atom stereocenters. The molecule has 0 unspecified atom stereocenters. The van der Waals surface area contributed by atoms with Gasteiger partial charge in [0.05, 0.1) is 0 Å². The van der Waals surface area contributed by atoms with Crippen molar-refractivity contribution in [2.45, 2.75) is 26.2 Å². The van der Waals surface area contributed by atoms with E-state index in [1.807, 2.05) is 6.20 Å². The number of hydrogen-bond donors (Lipinski definition) is 3. The Bertz CT molecular complexity index is 680. The molecular weight excluding hydrogens is 317 g/mol. The van der Waals surface area contributed by atoms with E-state index < -0.39 is 0 Å². The number of fused-ring (bicyclic) bond motifs is 1. The predicted molar refractivity (Wildman–Crippen MR) is 104 cm³/mol. The van der Waals surface area contributed by atoms with Crippen LogP contribution in [0.25, 0.3) is 10.9 Å². The van der Waals surface area contributed by atoms with E-state index in [2.05, 4.69) is 39.5 Å². The molecular formula is C19H30FN5. The van der Waals surface area contributed by atoms with Gasteiger partial charge in [-0.15, -0.1) is 0 Å². The SMILES string of the molecule is CCCCN(C)CCNC(=NC)NCCc1c[nH]c2ccc(F)cc12. The van der Waals surface area contributed by atoms with E-state index in [1.54, 1.807) is 19.2 Å². The minimum absolute atomic E-state index is 0.203. The first-order chi connectivity index (χ1) is 12.1. The zero-order chi connectivity index (χ0) is 18.1. The third-order valence-electron chi connectivity index (χ3n) is 4.32. The number of nitrogens with zero attached hydrogens (tertiary/aromatic N) is 2. The molecule has 0 aliphatic carbocycles. The lowest BCUT2D eigenvalue weighted by atomic mass is 10.1. The van der Waals surface area contributed by atoms with Crippen molar-refractivity contribution >= 4 is 16.9 Å². The van der Waals surface area contributed by atoms with Crippen molar-refractivity contribution in [2.24, 2.45) is 4.99 Å². The van der Waals surface area contributed by atoms with Crippen LogP contribution < -0.4 is 10.6 Å². The Balaban J connectivity index is 1.74. The highest BCUT2D eigenvalue weighted by atomic mass is 19.1. The zero-order valence-electron chi connectivity index (χ0n) is 15.5. The van der Waals surface area contributed by atoms with Crippen LogP contribution in [0, 0.1) is 5.82 Å². The summed E-state index contributed by atoms with van der Waals surface area (Å²) in [6, 6.07) is 4.83. The van der Waals surface area contributed by atoms with Crippen molar-refractivity contribution in [3.63, 3.8) is 0 Å². The zero-order valence-corrected chi connectivity index (χ0v) is 15.5. The van der Waals surface area contributed by atoms with Gasteiger partial charge in [-0.25, -0.2) is 4.39 Å². The van der Waals surface area contributed by atoms with Crippen LogP contribution in [0.3, 0.4) is 0 Å². The number of guanidine groups is 1. The Hall–Kier alpha value is -2.08. The van der Waals surface area contributed by atoms with Crippen molar-refractivity contribution in [3.05, 3.63) is 35.8 Å². The Morgan fingerprint density at radius 2 is 2.04 bits per heavy atom. The number of H-pyrrole nitrogens is 1. The van der Waals surface area contributed by atoms with E-state index in [4.69, 9.17) is 0 Å². The number of aliphatic imine (C=N–C) groups is 1. The molecule has 1 aromatic carbocycles. The normalized spacial score (nSPS) is 12.1. The molecule has 2 aromatic rings. The number of hydrogen-bond acceptors (Lipinski definition) is 2. The smallest absolute Gasteiger partial charge is 0.191 e. The van der Waals surface area contributed by atoms with Gasteiger partial charge in [-0.05, 0) is 50.2 Å². The molecule has 5 nitrogen and oxygen atoms in total. The molecule has 1 aromatic heterocycles. The van der Waals surface area contributed by atoms with E-state index in [1.165, 1.54) is 18.9 Å². The van der Waals surface area contributed by atoms with Crippen LogP contribution >= 0.6 is 0 Å². The monoisotopic (exact) mass is 347 g/mol. The van der Waals surface area contributed by atoms with Crippen molar-refractivity contribution < 1.29 is 4.39 Å². The lowest BCUT2D eigenvalue weighted by Gasteiger charge is -2.17. The topological polar surface area (TPSA) is 55.4 Å². The summed E-state index contributed by atoms with van der Waals surface area (Å²) < 4.78 is 13.4. The third-order valence-corrected chi connectivity index (χ3v) is 4.32. The minimum atomic E-state index is -0.203. The van der Waals surface area contributed by atoms with Crippen LogP contribution in [0.5, 0.6) is 0 Å². The molecule has 138 valence electrons. The molecule has 6 heteroatoms. The number of unbranched alkanes of at least 4 members (excludes halogenated alkanes) is 1. The molecule has 0 aliphatic rings. The van der Waals surface area contributed by atoms with E-state index in [9.17, 15) is 4.39 Å². The van der Waals surface area contributed by atoms with Gasteiger partial charge in [-0.3, -0.25) is 4.99 Å². The fourth-order valence-electron chi connectivity index (χ4n) is 2.80. The molecule has 0 fully saturated rings. The van der Waals surface area contributed by atoms with Gasteiger partial charge >= 0.3 is 0 Å². The maximum Gasteiger partial charge on any atom is 0.191 e. The largest absolute Gasteiger partial charge is 0.361 e. The van der Waals surface area contributed by atoms with E-state index in [0.717, 1.165) is 55.0 Å². The average molecular weight is 347 g/mol. The highest BCUT2D eigenvalue weighted by molar-refractivity contribution is 5.83. The van der Waals surface area contributed by atoms with Crippen molar-refractivity contribution in [2.75, 3.05) is 40.3 Å². The number of rotatable bonds is 9. The van der Waals surface area contributed by atoms with Crippen molar-refractivity contribution in [3.8, 4) is 0 Å². The molecule has 25 heavy (non-hydrogen) atoms. The molecule has 0 spiro atoms. The van der Waals surface area contributed by atoms with Gasteiger partial charge in [0, 0.05) is 43.8 Å². The molecule has 0 amide bonds. The molecule has 0 bridgehead atoms. The van der Waals surface area contributed by atoms with E-state index in [0.29, 0.717) is 0 Å². The van der Waals surface area contributed by atoms with Crippen LogP contribution in [0.4, 0.5) is 4.39 Å². The first-order valence-corrected chi connectivity index (χ1v) is 9.02. The third kappa shape index (κ3) is 6.05. The Labute approximate surface area is 149 Å². The van der Waals surface area contributed by atoms with Crippen LogP contribution in [0.2, 0.25) is 0 Å². The van der Waals surface area contributed by atoms with E-state index in [-0.39, 0.29) is 5.82 Å².